The Balaban J connectivity index is 2.23. The Morgan fingerprint density at radius 3 is 2.55 bits per heavy atom. The van der Waals surface area contributed by atoms with E-state index in [2.05, 4.69) is 6.07 Å². The molecular formula is C17H22N2O3. The van der Waals surface area contributed by atoms with Crippen molar-refractivity contribution in [2.45, 2.75) is 51.4 Å². The third-order valence-corrected chi connectivity index (χ3v) is 3.63. The normalized spacial score (nSPS) is 22.0. The minimum Gasteiger partial charge on any atom is -0.444 e. The molecule has 1 fully saturated rings. The lowest BCUT2D eigenvalue weighted by atomic mass is 9.93. The molecule has 1 amide bonds. The van der Waals surface area contributed by atoms with E-state index in [4.69, 9.17) is 10.00 Å². The Hall–Kier alpha value is -2.06. The predicted molar refractivity (Wildman–Crippen MR) is 82.1 cm³/mol. The van der Waals surface area contributed by atoms with Gasteiger partial charge in [-0.15, -0.1) is 0 Å². The van der Waals surface area contributed by atoms with E-state index >= 15 is 0 Å². The molecule has 1 aliphatic rings. The molecule has 1 aliphatic heterocycles. The minimum absolute atomic E-state index is 0.230. The maximum Gasteiger partial charge on any atom is 0.410 e. The fraction of sp³-hybridized carbons (Fsp3) is 0.529. The average Bonchev–Trinajstić information content (AvgIpc) is 2.45. The third kappa shape index (κ3) is 3.99. The number of piperidine rings is 1. The smallest absolute Gasteiger partial charge is 0.410 e. The van der Waals surface area contributed by atoms with Crippen molar-refractivity contribution in [3.8, 4) is 6.07 Å². The largest absolute Gasteiger partial charge is 0.444 e. The van der Waals surface area contributed by atoms with Gasteiger partial charge in [0.15, 0.2) is 0 Å². The summed E-state index contributed by atoms with van der Waals surface area (Å²) in [6, 6.07) is 8.96. The van der Waals surface area contributed by atoms with E-state index in [-0.39, 0.29) is 12.1 Å². The maximum absolute atomic E-state index is 12.4. The van der Waals surface area contributed by atoms with Crippen LogP contribution in [-0.2, 0) is 4.74 Å². The molecule has 22 heavy (non-hydrogen) atoms. The summed E-state index contributed by atoms with van der Waals surface area (Å²) < 4.78 is 5.46. The van der Waals surface area contributed by atoms with Gasteiger partial charge in [-0.2, -0.15) is 5.26 Å². The van der Waals surface area contributed by atoms with E-state index in [0.29, 0.717) is 24.9 Å². The summed E-state index contributed by atoms with van der Waals surface area (Å²) in [7, 11) is 0. The summed E-state index contributed by atoms with van der Waals surface area (Å²) in [5.74, 6) is 0. The molecule has 1 aromatic carbocycles. The van der Waals surface area contributed by atoms with Crippen LogP contribution in [0.4, 0.5) is 4.79 Å². The number of aliphatic hydroxyl groups is 1. The highest BCUT2D eigenvalue weighted by Gasteiger charge is 2.34. The van der Waals surface area contributed by atoms with Crippen LogP contribution < -0.4 is 0 Å². The van der Waals surface area contributed by atoms with Crippen molar-refractivity contribution in [1.82, 2.24) is 4.90 Å². The molecule has 2 atom stereocenters. The highest BCUT2D eigenvalue weighted by atomic mass is 16.6. The van der Waals surface area contributed by atoms with Crippen LogP contribution in [-0.4, -0.2) is 34.3 Å². The van der Waals surface area contributed by atoms with Crippen LogP contribution in [0.3, 0.4) is 0 Å². The van der Waals surface area contributed by atoms with Gasteiger partial charge in [-0.05, 0) is 51.3 Å². The molecule has 0 aromatic heterocycles. The summed E-state index contributed by atoms with van der Waals surface area (Å²) in [5, 5.41) is 18.8. The Labute approximate surface area is 131 Å². The van der Waals surface area contributed by atoms with E-state index in [1.165, 1.54) is 0 Å². The first-order valence-corrected chi connectivity index (χ1v) is 7.48. The molecule has 1 N–H and O–H groups in total. The third-order valence-electron chi connectivity index (χ3n) is 3.63. The van der Waals surface area contributed by atoms with Crippen LogP contribution in [0.2, 0.25) is 0 Å². The number of hydrogen-bond acceptors (Lipinski definition) is 4. The van der Waals surface area contributed by atoms with Crippen LogP contribution in [0, 0.1) is 11.3 Å². The first-order valence-electron chi connectivity index (χ1n) is 7.48. The Bertz CT molecular complexity index is 569. The van der Waals surface area contributed by atoms with Gasteiger partial charge >= 0.3 is 6.09 Å². The summed E-state index contributed by atoms with van der Waals surface area (Å²) in [4.78, 5) is 14.1. The Kier molecular flexibility index (Phi) is 4.72. The summed E-state index contributed by atoms with van der Waals surface area (Å²) in [6.07, 6.45) is 0.227. The van der Waals surface area contributed by atoms with E-state index in [1.807, 2.05) is 32.9 Å². The van der Waals surface area contributed by atoms with E-state index in [9.17, 15) is 9.90 Å². The Morgan fingerprint density at radius 2 is 2.00 bits per heavy atom. The maximum atomic E-state index is 12.4. The van der Waals surface area contributed by atoms with Crippen LogP contribution in [0.1, 0.15) is 50.8 Å². The fourth-order valence-corrected chi connectivity index (χ4v) is 2.58. The van der Waals surface area contributed by atoms with Crippen molar-refractivity contribution in [3.63, 3.8) is 0 Å². The summed E-state index contributed by atoms with van der Waals surface area (Å²) in [5.41, 5.74) is 0.926. The topological polar surface area (TPSA) is 73.6 Å². The summed E-state index contributed by atoms with van der Waals surface area (Å²) in [6.45, 7) is 5.96. The standard InChI is InChI=1S/C17H22N2O3/c1-17(2,3)22-16(21)19-9-8-14(20)10-15(19)13-6-4-12(11-18)5-7-13/h4-7,14-15,20H,8-10H2,1-3H3. The zero-order valence-corrected chi connectivity index (χ0v) is 13.2. The molecule has 5 heteroatoms. The van der Waals surface area contributed by atoms with E-state index in [1.54, 1.807) is 17.0 Å². The zero-order valence-electron chi connectivity index (χ0n) is 13.2. The lowest BCUT2D eigenvalue weighted by Gasteiger charge is -2.38. The average molecular weight is 302 g/mol. The van der Waals surface area contributed by atoms with Crippen LogP contribution in [0.15, 0.2) is 24.3 Å². The molecule has 0 bridgehead atoms. The molecular weight excluding hydrogens is 280 g/mol. The van der Waals surface area contributed by atoms with Gasteiger partial charge < -0.3 is 14.7 Å². The van der Waals surface area contributed by atoms with Gasteiger partial charge in [-0.1, -0.05) is 12.1 Å². The minimum atomic E-state index is -0.553. The second kappa shape index (κ2) is 6.37. The number of nitriles is 1. The molecule has 1 aromatic rings. The highest BCUT2D eigenvalue weighted by Crippen LogP contribution is 2.32. The van der Waals surface area contributed by atoms with Gasteiger partial charge in [0.25, 0.3) is 0 Å². The molecule has 118 valence electrons. The summed E-state index contributed by atoms with van der Waals surface area (Å²) >= 11 is 0. The number of ether oxygens (including phenoxy) is 1. The van der Waals surface area contributed by atoms with Crippen LogP contribution in [0.5, 0.6) is 0 Å². The number of carbonyl (C=O) groups is 1. The molecule has 0 saturated carbocycles. The first kappa shape index (κ1) is 16.3. The lowest BCUT2D eigenvalue weighted by molar-refractivity contribution is -0.00842. The van der Waals surface area contributed by atoms with Gasteiger partial charge in [-0.25, -0.2) is 4.79 Å². The van der Waals surface area contributed by atoms with Crippen LogP contribution >= 0.6 is 0 Å². The van der Waals surface area contributed by atoms with Gasteiger partial charge in [0.2, 0.25) is 0 Å². The molecule has 2 rings (SSSR count). The molecule has 0 aliphatic carbocycles. The van der Waals surface area contributed by atoms with Crippen molar-refractivity contribution in [1.29, 1.82) is 5.26 Å². The molecule has 5 nitrogen and oxygen atoms in total. The number of nitrogens with zero attached hydrogens (tertiary/aromatic N) is 2. The van der Waals surface area contributed by atoms with Gasteiger partial charge in [0.05, 0.1) is 23.8 Å². The zero-order chi connectivity index (χ0) is 16.3. The molecule has 0 radical (unpaired) electrons. The number of benzene rings is 1. The number of carbonyl (C=O) groups excluding carboxylic acids is 1. The van der Waals surface area contributed by atoms with E-state index in [0.717, 1.165) is 5.56 Å². The molecule has 2 unspecified atom stereocenters. The number of likely N-dealkylation sites (tertiary alicyclic amines) is 1. The highest BCUT2D eigenvalue weighted by molar-refractivity contribution is 5.69. The molecule has 1 heterocycles. The quantitative estimate of drug-likeness (QED) is 0.865. The van der Waals surface area contributed by atoms with Crippen molar-refractivity contribution in [3.05, 3.63) is 35.4 Å². The van der Waals surface area contributed by atoms with Gasteiger partial charge in [-0.3, -0.25) is 0 Å². The van der Waals surface area contributed by atoms with Crippen LogP contribution in [0.25, 0.3) is 0 Å². The number of amides is 1. The predicted octanol–water partition coefficient (Wildman–Crippen LogP) is 2.99. The van der Waals surface area contributed by atoms with Crippen molar-refractivity contribution < 1.29 is 14.6 Å². The van der Waals surface area contributed by atoms with Crippen molar-refractivity contribution in [2.75, 3.05) is 6.54 Å². The number of aliphatic hydroxyl groups excluding tert-OH is 1. The van der Waals surface area contributed by atoms with Crippen molar-refractivity contribution >= 4 is 6.09 Å². The number of hydrogen-bond donors (Lipinski definition) is 1. The number of rotatable bonds is 1. The lowest BCUT2D eigenvalue weighted by Crippen LogP contribution is -2.44. The Morgan fingerprint density at radius 1 is 1.36 bits per heavy atom. The second-order valence-corrected chi connectivity index (χ2v) is 6.60. The van der Waals surface area contributed by atoms with Gasteiger partial charge in [0, 0.05) is 6.54 Å². The monoisotopic (exact) mass is 302 g/mol. The van der Waals surface area contributed by atoms with Gasteiger partial charge in [0.1, 0.15) is 5.60 Å². The van der Waals surface area contributed by atoms with E-state index < -0.39 is 11.7 Å². The second-order valence-electron chi connectivity index (χ2n) is 6.60. The SMILES string of the molecule is CC(C)(C)OC(=O)N1CCC(O)CC1c1ccc(C#N)cc1. The molecule has 0 spiro atoms. The fourth-order valence-electron chi connectivity index (χ4n) is 2.58. The van der Waals surface area contributed by atoms with Crippen molar-refractivity contribution in [2.24, 2.45) is 0 Å². The first-order chi connectivity index (χ1) is 10.3. The molecule has 1 saturated heterocycles.